The first-order valence-corrected chi connectivity index (χ1v) is 8.43. The average molecular weight is 331 g/mol. The Balaban J connectivity index is 0.00000361. The van der Waals surface area contributed by atoms with Gasteiger partial charge in [-0.2, -0.15) is 0 Å². The molecule has 0 spiro atoms. The lowest BCUT2D eigenvalue weighted by Gasteiger charge is -2.37. The molecule has 0 unspecified atom stereocenters. The third kappa shape index (κ3) is 7.19. The first kappa shape index (κ1) is 20.1. The summed E-state index contributed by atoms with van der Waals surface area (Å²) < 4.78 is 36.7. The fourth-order valence-corrected chi connectivity index (χ4v) is 3.29. The average Bonchev–Trinajstić information content (AvgIpc) is 2.39. The van der Waals surface area contributed by atoms with Crippen molar-refractivity contribution in [2.24, 2.45) is 5.41 Å². The van der Waals surface area contributed by atoms with Crippen LogP contribution < -0.4 is 10.0 Å². The van der Waals surface area contributed by atoms with Gasteiger partial charge in [-0.05, 0) is 32.9 Å². The van der Waals surface area contributed by atoms with Gasteiger partial charge in [0, 0.05) is 25.7 Å². The third-order valence-electron chi connectivity index (χ3n) is 3.48. The van der Waals surface area contributed by atoms with E-state index in [1.807, 2.05) is 6.92 Å². The van der Waals surface area contributed by atoms with Crippen LogP contribution in [0.2, 0.25) is 0 Å². The van der Waals surface area contributed by atoms with Gasteiger partial charge in [0.25, 0.3) is 0 Å². The van der Waals surface area contributed by atoms with Crippen molar-refractivity contribution < 1.29 is 17.9 Å². The van der Waals surface area contributed by atoms with Crippen molar-refractivity contribution in [1.29, 1.82) is 0 Å². The van der Waals surface area contributed by atoms with Crippen LogP contribution in [0.15, 0.2) is 0 Å². The van der Waals surface area contributed by atoms with Crippen LogP contribution in [-0.4, -0.2) is 60.7 Å². The summed E-state index contributed by atoms with van der Waals surface area (Å²) in [6.45, 7) is 5.47. The fraction of sp³-hybridized carbons (Fsp3) is 1.00. The quantitative estimate of drug-likeness (QED) is 0.598. The van der Waals surface area contributed by atoms with Gasteiger partial charge in [0.15, 0.2) is 0 Å². The van der Waals surface area contributed by atoms with Crippen molar-refractivity contribution in [2.45, 2.75) is 19.8 Å². The molecule has 0 aromatic heterocycles. The van der Waals surface area contributed by atoms with Gasteiger partial charge in [-0.1, -0.05) is 0 Å². The van der Waals surface area contributed by atoms with Crippen molar-refractivity contribution in [1.82, 2.24) is 10.0 Å². The Hall–Kier alpha value is 0.0800. The van der Waals surface area contributed by atoms with E-state index in [1.165, 1.54) is 0 Å². The Morgan fingerprint density at radius 3 is 2.50 bits per heavy atom. The minimum atomic E-state index is -3.26. The molecule has 0 radical (unpaired) electrons. The third-order valence-corrected chi connectivity index (χ3v) is 4.77. The number of nitrogens with one attached hydrogen (secondary N) is 2. The number of halogens is 1. The van der Waals surface area contributed by atoms with E-state index in [4.69, 9.17) is 9.47 Å². The predicted octanol–water partition coefficient (Wildman–Crippen LogP) is 0.380. The van der Waals surface area contributed by atoms with Gasteiger partial charge < -0.3 is 14.8 Å². The Morgan fingerprint density at radius 1 is 1.30 bits per heavy atom. The summed E-state index contributed by atoms with van der Waals surface area (Å²) in [5.74, 6) is 0.0160. The molecule has 20 heavy (non-hydrogen) atoms. The van der Waals surface area contributed by atoms with Crippen LogP contribution in [0.5, 0.6) is 0 Å². The summed E-state index contributed by atoms with van der Waals surface area (Å²) in [7, 11) is -1.60. The van der Waals surface area contributed by atoms with Crippen molar-refractivity contribution in [3.63, 3.8) is 0 Å². The summed E-state index contributed by atoms with van der Waals surface area (Å²) >= 11 is 0. The van der Waals surface area contributed by atoms with Crippen LogP contribution in [0.4, 0.5) is 0 Å². The molecular weight excluding hydrogens is 304 g/mol. The second kappa shape index (κ2) is 9.92. The molecule has 1 rings (SSSR count). The molecule has 2 N–H and O–H groups in total. The molecule has 1 saturated heterocycles. The molecule has 1 aliphatic heterocycles. The molecule has 0 saturated carbocycles. The number of ether oxygens (including phenoxy) is 2. The number of hydrogen-bond acceptors (Lipinski definition) is 5. The molecule has 1 fully saturated rings. The molecule has 0 aliphatic carbocycles. The van der Waals surface area contributed by atoms with Crippen LogP contribution in [0, 0.1) is 5.41 Å². The van der Waals surface area contributed by atoms with E-state index in [0.717, 1.165) is 25.9 Å². The lowest BCUT2D eigenvalue weighted by atomic mass is 9.80. The highest BCUT2D eigenvalue weighted by atomic mass is 35.5. The smallest absolute Gasteiger partial charge is 0.213 e. The number of rotatable bonds is 9. The Kier molecular flexibility index (Phi) is 9.96. The molecule has 0 aromatic carbocycles. The molecule has 6 nitrogen and oxygen atoms in total. The maximum Gasteiger partial charge on any atom is 0.213 e. The van der Waals surface area contributed by atoms with E-state index in [9.17, 15) is 8.42 Å². The van der Waals surface area contributed by atoms with Crippen LogP contribution in [0.1, 0.15) is 19.8 Å². The van der Waals surface area contributed by atoms with Crippen molar-refractivity contribution >= 4 is 22.4 Å². The van der Waals surface area contributed by atoms with E-state index in [1.54, 1.807) is 7.11 Å². The topological polar surface area (TPSA) is 76.7 Å². The monoisotopic (exact) mass is 330 g/mol. The maximum absolute atomic E-state index is 11.8. The van der Waals surface area contributed by atoms with Gasteiger partial charge in [0.1, 0.15) is 0 Å². The summed E-state index contributed by atoms with van der Waals surface area (Å²) in [6.07, 6.45) is 1.85. The molecule has 0 aromatic rings. The molecule has 1 heterocycles. The predicted molar refractivity (Wildman–Crippen MR) is 81.9 cm³/mol. The van der Waals surface area contributed by atoms with Gasteiger partial charge >= 0.3 is 0 Å². The highest BCUT2D eigenvalue weighted by molar-refractivity contribution is 7.89. The Bertz CT molecular complexity index is 340. The minimum absolute atomic E-state index is 0. The van der Waals surface area contributed by atoms with Gasteiger partial charge in [-0.15, -0.1) is 12.4 Å². The first-order valence-electron chi connectivity index (χ1n) is 6.78. The van der Waals surface area contributed by atoms with Gasteiger partial charge in [0.2, 0.25) is 10.0 Å². The number of methoxy groups -OCH3 is 1. The van der Waals surface area contributed by atoms with E-state index in [0.29, 0.717) is 19.8 Å². The summed E-state index contributed by atoms with van der Waals surface area (Å²) in [4.78, 5) is 0. The van der Waals surface area contributed by atoms with Crippen molar-refractivity contribution in [3.8, 4) is 0 Å². The number of sulfonamides is 1. The van der Waals surface area contributed by atoms with E-state index >= 15 is 0 Å². The van der Waals surface area contributed by atoms with Gasteiger partial charge in [-0.25, -0.2) is 13.1 Å². The fourth-order valence-electron chi connectivity index (χ4n) is 2.28. The normalized spacial score (nSPS) is 18.5. The first-order chi connectivity index (χ1) is 9.04. The maximum atomic E-state index is 11.8. The largest absolute Gasteiger partial charge is 0.384 e. The second-order valence-electron chi connectivity index (χ2n) is 5.02. The zero-order valence-electron chi connectivity index (χ0n) is 12.3. The zero-order valence-corrected chi connectivity index (χ0v) is 13.9. The molecular formula is C12H27ClN2O4S. The van der Waals surface area contributed by atoms with Crippen LogP contribution in [0.3, 0.4) is 0 Å². The lowest BCUT2D eigenvalue weighted by Crippen LogP contribution is -2.47. The molecule has 8 heteroatoms. The highest BCUT2D eigenvalue weighted by Crippen LogP contribution is 2.28. The highest BCUT2D eigenvalue weighted by Gasteiger charge is 2.33. The van der Waals surface area contributed by atoms with E-state index in [-0.39, 0.29) is 30.2 Å². The van der Waals surface area contributed by atoms with Crippen molar-refractivity contribution in [2.75, 3.05) is 52.3 Å². The van der Waals surface area contributed by atoms with E-state index in [2.05, 4.69) is 10.0 Å². The SMILES string of the molecule is CCOCCS(=O)(=O)NCC1(COC)CCNCC1.Cl. The van der Waals surface area contributed by atoms with E-state index < -0.39 is 10.0 Å². The van der Waals surface area contributed by atoms with Crippen LogP contribution in [-0.2, 0) is 19.5 Å². The minimum Gasteiger partial charge on any atom is -0.384 e. The molecule has 0 bridgehead atoms. The number of hydrogen-bond donors (Lipinski definition) is 2. The van der Waals surface area contributed by atoms with Crippen LogP contribution >= 0.6 is 12.4 Å². The Labute approximate surface area is 128 Å². The van der Waals surface area contributed by atoms with Crippen LogP contribution in [0.25, 0.3) is 0 Å². The second-order valence-corrected chi connectivity index (χ2v) is 6.95. The van der Waals surface area contributed by atoms with Crippen molar-refractivity contribution in [3.05, 3.63) is 0 Å². The standard InChI is InChI=1S/C12H26N2O4S.ClH/c1-3-18-8-9-19(15,16)14-10-12(11-17-2)4-6-13-7-5-12;/h13-14H,3-11H2,1-2H3;1H. The zero-order chi connectivity index (χ0) is 14.2. The molecule has 0 atom stereocenters. The molecule has 122 valence electrons. The Morgan fingerprint density at radius 2 is 1.95 bits per heavy atom. The summed E-state index contributed by atoms with van der Waals surface area (Å²) in [6, 6.07) is 0. The van der Waals surface area contributed by atoms with Gasteiger partial charge in [-0.3, -0.25) is 0 Å². The summed E-state index contributed by atoms with van der Waals surface area (Å²) in [5.41, 5.74) is -0.0846. The number of piperidine rings is 1. The molecule has 1 aliphatic rings. The summed E-state index contributed by atoms with van der Waals surface area (Å²) in [5, 5.41) is 3.28. The lowest BCUT2D eigenvalue weighted by molar-refractivity contribution is 0.0576. The van der Waals surface area contributed by atoms with Gasteiger partial charge in [0.05, 0.1) is 19.0 Å². The molecule has 0 amide bonds.